The first-order valence-corrected chi connectivity index (χ1v) is 5.10. The Hall–Kier alpha value is -0.650. The van der Waals surface area contributed by atoms with Gasteiger partial charge in [0.05, 0.1) is 0 Å². The van der Waals surface area contributed by atoms with Gasteiger partial charge in [-0.05, 0) is 27.3 Å². The van der Waals surface area contributed by atoms with Gasteiger partial charge in [-0.15, -0.1) is 0 Å². The summed E-state index contributed by atoms with van der Waals surface area (Å²) in [5, 5.41) is 22.5. The van der Waals surface area contributed by atoms with Crippen molar-refractivity contribution in [3.63, 3.8) is 0 Å². The lowest BCUT2D eigenvalue weighted by molar-refractivity contribution is -0.192. The van der Waals surface area contributed by atoms with E-state index >= 15 is 0 Å². The largest absolute Gasteiger partial charge is 0.458 e. The van der Waals surface area contributed by atoms with Crippen molar-refractivity contribution in [3.05, 3.63) is 0 Å². The molecule has 0 spiro atoms. The van der Waals surface area contributed by atoms with Crippen LogP contribution >= 0.6 is 0 Å². The molecule has 1 fully saturated rings. The lowest BCUT2D eigenvalue weighted by atomic mass is 9.89. The number of aliphatic hydroxyl groups is 2. The molecule has 0 bridgehead atoms. The summed E-state index contributed by atoms with van der Waals surface area (Å²) in [6.07, 6.45) is -0.940. The maximum Gasteiger partial charge on any atom is 0.341 e. The molecule has 1 aliphatic rings. The molecule has 5 heteroatoms. The SMILES string of the molecule is CC(C)(C)OC(=O)[C@@]1(O)CCNC[C@@H]1O. The number of carbonyl (C=O) groups excluding carboxylic acids is 1. The van der Waals surface area contributed by atoms with Gasteiger partial charge >= 0.3 is 5.97 Å². The minimum atomic E-state index is -1.77. The Balaban J connectivity index is 2.71. The van der Waals surface area contributed by atoms with Crippen LogP contribution in [0.25, 0.3) is 0 Å². The molecule has 1 heterocycles. The molecule has 0 radical (unpaired) electrons. The fourth-order valence-corrected chi connectivity index (χ4v) is 1.46. The van der Waals surface area contributed by atoms with Crippen LogP contribution in [0.4, 0.5) is 0 Å². The number of piperidine rings is 1. The van der Waals surface area contributed by atoms with E-state index in [-0.39, 0.29) is 13.0 Å². The zero-order chi connectivity index (χ0) is 11.7. The summed E-state index contributed by atoms with van der Waals surface area (Å²) < 4.78 is 5.07. The van der Waals surface area contributed by atoms with E-state index < -0.39 is 23.3 Å². The molecule has 0 saturated carbocycles. The van der Waals surface area contributed by atoms with E-state index in [9.17, 15) is 15.0 Å². The van der Waals surface area contributed by atoms with Crippen LogP contribution in [0.3, 0.4) is 0 Å². The molecule has 0 aromatic rings. The Kier molecular flexibility index (Phi) is 3.38. The van der Waals surface area contributed by atoms with E-state index in [0.29, 0.717) is 6.54 Å². The maximum atomic E-state index is 11.7. The number of nitrogens with one attached hydrogen (secondary N) is 1. The van der Waals surface area contributed by atoms with E-state index in [0.717, 1.165) is 0 Å². The van der Waals surface area contributed by atoms with Gasteiger partial charge in [0.25, 0.3) is 0 Å². The second-order valence-electron chi connectivity index (χ2n) is 4.90. The first-order chi connectivity index (χ1) is 6.76. The summed E-state index contributed by atoms with van der Waals surface area (Å²) in [6.45, 7) is 5.87. The fraction of sp³-hybridized carbons (Fsp3) is 0.900. The molecule has 0 amide bonds. The lowest BCUT2D eigenvalue weighted by Crippen LogP contribution is -2.60. The Morgan fingerprint density at radius 2 is 2.13 bits per heavy atom. The first kappa shape index (κ1) is 12.4. The number of carbonyl (C=O) groups is 1. The number of esters is 1. The lowest BCUT2D eigenvalue weighted by Gasteiger charge is -2.36. The molecule has 88 valence electrons. The average Bonchev–Trinajstić information content (AvgIpc) is 2.07. The number of β-amino-alcohol motifs (C(OH)–C–C–N with tert-alkyl or cyclic N) is 1. The molecular weight excluding hydrogens is 198 g/mol. The van der Waals surface area contributed by atoms with Crippen LogP contribution in [0, 0.1) is 0 Å². The van der Waals surface area contributed by atoms with Crippen LogP contribution < -0.4 is 5.32 Å². The molecule has 5 nitrogen and oxygen atoms in total. The van der Waals surface area contributed by atoms with E-state index in [1.165, 1.54) is 0 Å². The van der Waals surface area contributed by atoms with Gasteiger partial charge in [0.1, 0.15) is 11.7 Å². The standard InChI is InChI=1S/C10H19NO4/c1-9(2,3)15-8(13)10(14)4-5-11-6-7(10)12/h7,11-12,14H,4-6H2,1-3H3/t7-,10+/m0/s1. The quantitative estimate of drug-likeness (QED) is 0.512. The zero-order valence-electron chi connectivity index (χ0n) is 9.41. The van der Waals surface area contributed by atoms with Crippen LogP contribution in [0.5, 0.6) is 0 Å². The summed E-state index contributed by atoms with van der Waals surface area (Å²) in [6, 6.07) is 0. The van der Waals surface area contributed by atoms with Crippen LogP contribution in [0.15, 0.2) is 0 Å². The predicted molar refractivity (Wildman–Crippen MR) is 54.3 cm³/mol. The summed E-state index contributed by atoms with van der Waals surface area (Å²) in [7, 11) is 0. The third-order valence-electron chi connectivity index (χ3n) is 2.32. The number of aliphatic hydroxyl groups excluding tert-OH is 1. The van der Waals surface area contributed by atoms with Crippen LogP contribution in [-0.4, -0.2) is 46.6 Å². The monoisotopic (exact) mass is 217 g/mol. The van der Waals surface area contributed by atoms with Gasteiger partial charge in [-0.3, -0.25) is 0 Å². The third kappa shape index (κ3) is 2.90. The molecule has 1 rings (SSSR count). The Morgan fingerprint density at radius 1 is 1.53 bits per heavy atom. The highest BCUT2D eigenvalue weighted by atomic mass is 16.6. The smallest absolute Gasteiger partial charge is 0.341 e. The first-order valence-electron chi connectivity index (χ1n) is 5.10. The second kappa shape index (κ2) is 4.08. The van der Waals surface area contributed by atoms with Crippen molar-refractivity contribution in [2.24, 2.45) is 0 Å². The van der Waals surface area contributed by atoms with Gasteiger partial charge < -0.3 is 20.3 Å². The number of ether oxygens (including phenoxy) is 1. The highest BCUT2D eigenvalue weighted by molar-refractivity contribution is 5.80. The normalized spacial score (nSPS) is 32.5. The summed E-state index contributed by atoms with van der Waals surface area (Å²) >= 11 is 0. The van der Waals surface area contributed by atoms with Crippen molar-refractivity contribution in [2.45, 2.75) is 44.5 Å². The Morgan fingerprint density at radius 3 is 2.60 bits per heavy atom. The van der Waals surface area contributed by atoms with Crippen molar-refractivity contribution in [3.8, 4) is 0 Å². The average molecular weight is 217 g/mol. The fourth-order valence-electron chi connectivity index (χ4n) is 1.46. The van der Waals surface area contributed by atoms with Crippen LogP contribution in [0.1, 0.15) is 27.2 Å². The van der Waals surface area contributed by atoms with E-state index in [2.05, 4.69) is 5.32 Å². The summed E-state index contributed by atoms with van der Waals surface area (Å²) in [5.74, 6) is -0.746. The number of hydrogen-bond donors (Lipinski definition) is 3. The van der Waals surface area contributed by atoms with Gasteiger partial charge in [0, 0.05) is 13.0 Å². The summed E-state index contributed by atoms with van der Waals surface area (Å²) in [5.41, 5.74) is -2.42. The second-order valence-corrected chi connectivity index (χ2v) is 4.90. The molecule has 1 saturated heterocycles. The topological polar surface area (TPSA) is 78.8 Å². The van der Waals surface area contributed by atoms with E-state index in [4.69, 9.17) is 4.74 Å². The van der Waals surface area contributed by atoms with Crippen LogP contribution in [-0.2, 0) is 9.53 Å². The number of hydrogen-bond acceptors (Lipinski definition) is 5. The minimum absolute atomic E-state index is 0.170. The van der Waals surface area contributed by atoms with Crippen molar-refractivity contribution < 1.29 is 19.7 Å². The predicted octanol–water partition coefficient (Wildman–Crippen LogP) is -0.587. The molecule has 2 atom stereocenters. The van der Waals surface area contributed by atoms with Gasteiger partial charge in [0.2, 0.25) is 0 Å². The van der Waals surface area contributed by atoms with Gasteiger partial charge in [0.15, 0.2) is 5.60 Å². The minimum Gasteiger partial charge on any atom is -0.458 e. The van der Waals surface area contributed by atoms with Crippen molar-refractivity contribution in [2.75, 3.05) is 13.1 Å². The molecule has 1 aliphatic heterocycles. The Bertz CT molecular complexity index is 248. The Labute approximate surface area is 89.4 Å². The third-order valence-corrected chi connectivity index (χ3v) is 2.32. The van der Waals surface area contributed by atoms with Gasteiger partial charge in [-0.1, -0.05) is 0 Å². The maximum absolute atomic E-state index is 11.7. The van der Waals surface area contributed by atoms with Crippen molar-refractivity contribution in [1.82, 2.24) is 5.32 Å². The van der Waals surface area contributed by atoms with E-state index in [1.807, 2.05) is 0 Å². The van der Waals surface area contributed by atoms with Crippen molar-refractivity contribution >= 4 is 5.97 Å². The molecule has 0 unspecified atom stereocenters. The molecular formula is C10H19NO4. The van der Waals surface area contributed by atoms with Gasteiger partial charge in [-0.2, -0.15) is 0 Å². The summed E-state index contributed by atoms with van der Waals surface area (Å²) in [4.78, 5) is 11.7. The zero-order valence-corrected chi connectivity index (χ0v) is 9.41. The molecule has 0 aromatic heterocycles. The highest BCUT2D eigenvalue weighted by Crippen LogP contribution is 2.23. The highest BCUT2D eigenvalue weighted by Gasteiger charge is 2.47. The van der Waals surface area contributed by atoms with E-state index in [1.54, 1.807) is 20.8 Å². The van der Waals surface area contributed by atoms with Crippen molar-refractivity contribution in [1.29, 1.82) is 0 Å². The molecule has 3 N–H and O–H groups in total. The molecule has 15 heavy (non-hydrogen) atoms. The molecule has 0 aliphatic carbocycles. The van der Waals surface area contributed by atoms with Crippen LogP contribution in [0.2, 0.25) is 0 Å². The molecule has 0 aromatic carbocycles. The van der Waals surface area contributed by atoms with Gasteiger partial charge in [-0.25, -0.2) is 4.79 Å². The number of rotatable bonds is 1.